The Kier molecular flexibility index (Phi) is 6.39. The number of nitrogens with one attached hydrogen (secondary N) is 2. The minimum Gasteiger partial charge on any atom is -0.396 e. The van der Waals surface area contributed by atoms with E-state index in [1.165, 1.54) is 12.1 Å². The quantitative estimate of drug-likeness (QED) is 0.722. The molecule has 128 valence electrons. The van der Waals surface area contributed by atoms with Crippen molar-refractivity contribution >= 4 is 6.03 Å². The highest BCUT2D eigenvalue weighted by molar-refractivity contribution is 5.74. The molecule has 1 aliphatic carbocycles. The van der Waals surface area contributed by atoms with Gasteiger partial charge in [-0.05, 0) is 60.8 Å². The van der Waals surface area contributed by atoms with Crippen LogP contribution < -0.4 is 10.6 Å². The second-order valence-corrected chi connectivity index (χ2v) is 6.80. The van der Waals surface area contributed by atoms with Crippen molar-refractivity contribution in [3.63, 3.8) is 0 Å². The lowest BCUT2D eigenvalue weighted by atomic mass is 9.94. The van der Waals surface area contributed by atoms with Gasteiger partial charge in [-0.2, -0.15) is 0 Å². The van der Waals surface area contributed by atoms with Crippen molar-refractivity contribution in [3.05, 3.63) is 35.1 Å². The van der Waals surface area contributed by atoms with Crippen molar-refractivity contribution in [3.8, 4) is 0 Å². The van der Waals surface area contributed by atoms with Crippen LogP contribution in [-0.4, -0.2) is 24.3 Å². The molecule has 0 aromatic heterocycles. The van der Waals surface area contributed by atoms with Crippen LogP contribution in [0.2, 0.25) is 0 Å². The normalized spacial score (nSPS) is 17.9. The highest BCUT2D eigenvalue weighted by atomic mass is 19.1. The first kappa shape index (κ1) is 17.7. The van der Waals surface area contributed by atoms with Crippen LogP contribution in [0.4, 0.5) is 9.18 Å². The third-order valence-corrected chi connectivity index (χ3v) is 4.38. The van der Waals surface area contributed by atoms with Crippen molar-refractivity contribution < 1.29 is 14.3 Å². The zero-order valence-electron chi connectivity index (χ0n) is 13.9. The molecule has 2 rings (SSSR count). The molecule has 2 amide bonds. The summed E-state index contributed by atoms with van der Waals surface area (Å²) in [6.07, 6.45) is 3.33. The SMILES string of the molecule is CC(C)CC(CCO)CNC(=O)NC1CCc2ccc(F)cc21. The van der Waals surface area contributed by atoms with E-state index >= 15 is 0 Å². The van der Waals surface area contributed by atoms with Gasteiger partial charge in [0, 0.05) is 13.2 Å². The van der Waals surface area contributed by atoms with Crippen LogP contribution in [-0.2, 0) is 6.42 Å². The molecule has 2 unspecified atom stereocenters. The molecule has 0 radical (unpaired) electrons. The molecule has 0 spiro atoms. The molecule has 1 aliphatic rings. The Morgan fingerprint density at radius 2 is 2.22 bits per heavy atom. The Morgan fingerprint density at radius 3 is 2.91 bits per heavy atom. The number of aryl methyl sites for hydroxylation is 1. The predicted molar refractivity (Wildman–Crippen MR) is 88.6 cm³/mol. The number of fused-ring (bicyclic) bond motifs is 1. The Hall–Kier alpha value is -1.62. The minimum atomic E-state index is -0.266. The average molecular weight is 322 g/mol. The fraction of sp³-hybridized carbons (Fsp3) is 0.611. The summed E-state index contributed by atoms with van der Waals surface area (Å²) in [5.41, 5.74) is 1.99. The molecule has 0 bridgehead atoms. The number of urea groups is 1. The smallest absolute Gasteiger partial charge is 0.315 e. The summed E-state index contributed by atoms with van der Waals surface area (Å²) in [7, 11) is 0. The van der Waals surface area contributed by atoms with Gasteiger partial charge in [0.15, 0.2) is 0 Å². The van der Waals surface area contributed by atoms with Gasteiger partial charge < -0.3 is 15.7 Å². The molecule has 3 N–H and O–H groups in total. The zero-order chi connectivity index (χ0) is 16.8. The number of carbonyl (C=O) groups excluding carboxylic acids is 1. The van der Waals surface area contributed by atoms with Crippen LogP contribution in [0.5, 0.6) is 0 Å². The highest BCUT2D eigenvalue weighted by Crippen LogP contribution is 2.31. The number of amides is 2. The number of rotatable bonds is 7. The Labute approximate surface area is 137 Å². The number of aliphatic hydroxyl groups excluding tert-OH is 1. The van der Waals surface area contributed by atoms with Crippen molar-refractivity contribution in [2.45, 2.75) is 45.6 Å². The van der Waals surface area contributed by atoms with E-state index in [0.29, 0.717) is 18.9 Å². The van der Waals surface area contributed by atoms with E-state index in [4.69, 9.17) is 5.11 Å². The molecular weight excluding hydrogens is 295 g/mol. The van der Waals surface area contributed by atoms with Crippen molar-refractivity contribution in [1.82, 2.24) is 10.6 Å². The Balaban J connectivity index is 1.85. The Morgan fingerprint density at radius 1 is 1.43 bits per heavy atom. The van der Waals surface area contributed by atoms with E-state index in [-0.39, 0.29) is 30.4 Å². The fourth-order valence-electron chi connectivity index (χ4n) is 3.32. The van der Waals surface area contributed by atoms with Crippen molar-refractivity contribution in [2.75, 3.05) is 13.2 Å². The van der Waals surface area contributed by atoms with Gasteiger partial charge in [0.25, 0.3) is 0 Å². The maximum Gasteiger partial charge on any atom is 0.315 e. The molecule has 0 saturated heterocycles. The third kappa shape index (κ3) is 5.20. The third-order valence-electron chi connectivity index (χ3n) is 4.38. The van der Waals surface area contributed by atoms with Gasteiger partial charge in [-0.3, -0.25) is 0 Å². The van der Waals surface area contributed by atoms with Crippen LogP contribution in [0.25, 0.3) is 0 Å². The molecule has 5 heteroatoms. The number of carbonyl (C=O) groups is 1. The van der Waals surface area contributed by atoms with Crippen molar-refractivity contribution in [2.24, 2.45) is 11.8 Å². The van der Waals surface area contributed by atoms with Gasteiger partial charge >= 0.3 is 6.03 Å². The van der Waals surface area contributed by atoms with Crippen LogP contribution in [0.1, 0.15) is 50.3 Å². The highest BCUT2D eigenvalue weighted by Gasteiger charge is 2.24. The lowest BCUT2D eigenvalue weighted by Gasteiger charge is -2.20. The number of hydrogen-bond donors (Lipinski definition) is 3. The van der Waals surface area contributed by atoms with Crippen LogP contribution in [0.3, 0.4) is 0 Å². The first-order chi connectivity index (χ1) is 11.0. The summed E-state index contributed by atoms with van der Waals surface area (Å²) >= 11 is 0. The molecule has 0 aliphatic heterocycles. The van der Waals surface area contributed by atoms with Gasteiger partial charge in [0.05, 0.1) is 6.04 Å². The molecule has 23 heavy (non-hydrogen) atoms. The zero-order valence-corrected chi connectivity index (χ0v) is 13.9. The average Bonchev–Trinajstić information content (AvgIpc) is 2.87. The summed E-state index contributed by atoms with van der Waals surface area (Å²) in [4.78, 5) is 12.1. The first-order valence-electron chi connectivity index (χ1n) is 8.43. The van der Waals surface area contributed by atoms with Gasteiger partial charge in [-0.25, -0.2) is 9.18 Å². The maximum absolute atomic E-state index is 13.4. The van der Waals surface area contributed by atoms with E-state index in [2.05, 4.69) is 24.5 Å². The summed E-state index contributed by atoms with van der Waals surface area (Å²) in [5.74, 6) is 0.540. The lowest BCUT2D eigenvalue weighted by Crippen LogP contribution is -2.40. The van der Waals surface area contributed by atoms with E-state index in [1.54, 1.807) is 6.07 Å². The first-order valence-corrected chi connectivity index (χ1v) is 8.43. The number of halogens is 1. The molecule has 1 aromatic rings. The molecule has 2 atom stereocenters. The number of benzene rings is 1. The number of aliphatic hydroxyl groups is 1. The van der Waals surface area contributed by atoms with Crippen molar-refractivity contribution in [1.29, 1.82) is 0 Å². The van der Waals surface area contributed by atoms with Gasteiger partial charge in [-0.15, -0.1) is 0 Å². The summed E-state index contributed by atoms with van der Waals surface area (Å²) < 4.78 is 13.4. The molecular formula is C18H27FN2O2. The topological polar surface area (TPSA) is 61.4 Å². The van der Waals surface area contributed by atoms with Gasteiger partial charge in [0.1, 0.15) is 5.82 Å². The van der Waals surface area contributed by atoms with Crippen LogP contribution in [0.15, 0.2) is 18.2 Å². The molecule has 0 heterocycles. The molecule has 0 saturated carbocycles. The second kappa shape index (κ2) is 8.29. The maximum atomic E-state index is 13.4. The fourth-order valence-corrected chi connectivity index (χ4v) is 3.32. The second-order valence-electron chi connectivity index (χ2n) is 6.80. The largest absolute Gasteiger partial charge is 0.396 e. The van der Waals surface area contributed by atoms with E-state index in [9.17, 15) is 9.18 Å². The molecule has 0 fully saturated rings. The summed E-state index contributed by atoms with van der Waals surface area (Å²) in [6, 6.07) is 4.43. The monoisotopic (exact) mass is 322 g/mol. The molecule has 1 aromatic carbocycles. The van der Waals surface area contributed by atoms with Crippen LogP contribution in [0, 0.1) is 17.7 Å². The van der Waals surface area contributed by atoms with E-state index < -0.39 is 0 Å². The van der Waals surface area contributed by atoms with Gasteiger partial charge in [0.2, 0.25) is 0 Å². The predicted octanol–water partition coefficient (Wildman–Crippen LogP) is 3.16. The summed E-state index contributed by atoms with van der Waals surface area (Å²) in [5, 5.41) is 14.9. The van der Waals surface area contributed by atoms with E-state index in [0.717, 1.165) is 30.4 Å². The molecule has 4 nitrogen and oxygen atoms in total. The lowest BCUT2D eigenvalue weighted by molar-refractivity contribution is 0.222. The summed E-state index contributed by atoms with van der Waals surface area (Å²) in [6.45, 7) is 4.95. The Bertz CT molecular complexity index is 534. The van der Waals surface area contributed by atoms with Gasteiger partial charge in [-0.1, -0.05) is 19.9 Å². The standard InChI is InChI=1S/C18H27FN2O2/c1-12(2)9-13(7-8-22)11-20-18(23)21-17-6-4-14-3-5-15(19)10-16(14)17/h3,5,10,12-13,17,22H,4,6-9,11H2,1-2H3,(H2,20,21,23). The number of hydrogen-bond acceptors (Lipinski definition) is 2. The van der Waals surface area contributed by atoms with Crippen LogP contribution >= 0.6 is 0 Å². The van der Waals surface area contributed by atoms with E-state index in [1.807, 2.05) is 0 Å². The minimum absolute atomic E-state index is 0.123.